The van der Waals surface area contributed by atoms with Gasteiger partial charge in [0.1, 0.15) is 5.82 Å². The molecule has 2 aromatic carbocycles. The zero-order valence-corrected chi connectivity index (χ0v) is 17.0. The predicted molar refractivity (Wildman–Crippen MR) is 115 cm³/mol. The molecule has 7 nitrogen and oxygen atoms in total. The second-order valence-electron chi connectivity index (χ2n) is 7.53. The molecule has 1 aliphatic rings. The lowest BCUT2D eigenvalue weighted by Gasteiger charge is -2.10. The molecule has 2 amide bonds. The number of anilines is 1. The van der Waals surface area contributed by atoms with Gasteiger partial charge in [-0.25, -0.2) is 0 Å². The van der Waals surface area contributed by atoms with Gasteiger partial charge in [0.25, 0.3) is 5.91 Å². The molecule has 7 heteroatoms. The third-order valence-electron chi connectivity index (χ3n) is 5.34. The summed E-state index contributed by atoms with van der Waals surface area (Å²) in [5, 5.41) is 14.2. The Morgan fingerprint density at radius 1 is 1.00 bits per heavy atom. The van der Waals surface area contributed by atoms with Gasteiger partial charge in [0.05, 0.1) is 6.54 Å². The van der Waals surface area contributed by atoms with Gasteiger partial charge in [-0.1, -0.05) is 24.6 Å². The number of nitrogens with one attached hydrogen (secondary N) is 2. The van der Waals surface area contributed by atoms with Crippen LogP contribution in [0.1, 0.15) is 41.0 Å². The Morgan fingerprint density at radius 2 is 1.80 bits per heavy atom. The highest BCUT2D eigenvalue weighted by molar-refractivity contribution is 6.00. The topological polar surface area (TPSA) is 88.9 Å². The Balaban J connectivity index is 1.36. The van der Waals surface area contributed by atoms with Gasteiger partial charge in [-0.3, -0.25) is 9.59 Å². The highest BCUT2D eigenvalue weighted by atomic mass is 16.2. The van der Waals surface area contributed by atoms with Gasteiger partial charge in [0.15, 0.2) is 5.82 Å². The van der Waals surface area contributed by atoms with Crippen LogP contribution in [-0.2, 0) is 17.8 Å². The molecule has 0 saturated carbocycles. The SMILES string of the molecule is Cc1ccccc1C(=O)NCC(=O)Nc1ccc(-c2nnc3n2CCCCC3)cc1. The zero-order chi connectivity index (χ0) is 20.9. The first-order valence-electron chi connectivity index (χ1n) is 10.3. The van der Waals surface area contributed by atoms with Crippen molar-refractivity contribution in [1.29, 1.82) is 0 Å². The Morgan fingerprint density at radius 3 is 2.60 bits per heavy atom. The van der Waals surface area contributed by atoms with Crippen molar-refractivity contribution < 1.29 is 9.59 Å². The molecule has 0 saturated heterocycles. The Hall–Kier alpha value is -3.48. The van der Waals surface area contributed by atoms with Crippen LogP contribution in [-0.4, -0.2) is 33.1 Å². The number of carbonyl (C=O) groups is 2. The first-order valence-corrected chi connectivity index (χ1v) is 10.3. The first kappa shape index (κ1) is 19.8. The van der Waals surface area contributed by atoms with Gasteiger partial charge in [0.2, 0.25) is 5.91 Å². The fraction of sp³-hybridized carbons (Fsp3) is 0.304. The second kappa shape index (κ2) is 8.90. The number of hydrogen-bond donors (Lipinski definition) is 2. The van der Waals surface area contributed by atoms with Crippen LogP contribution in [0.4, 0.5) is 5.69 Å². The lowest BCUT2D eigenvalue weighted by molar-refractivity contribution is -0.115. The summed E-state index contributed by atoms with van der Waals surface area (Å²) >= 11 is 0. The minimum atomic E-state index is -0.277. The summed E-state index contributed by atoms with van der Waals surface area (Å²) in [5.41, 5.74) is 3.09. The average Bonchev–Trinajstić information content (AvgIpc) is 3.01. The number of aryl methyl sites for hydroxylation is 2. The van der Waals surface area contributed by atoms with Crippen LogP contribution >= 0.6 is 0 Å². The zero-order valence-electron chi connectivity index (χ0n) is 17.0. The van der Waals surface area contributed by atoms with Crippen LogP contribution < -0.4 is 10.6 Å². The number of rotatable bonds is 5. The average molecular weight is 403 g/mol. The van der Waals surface area contributed by atoms with Gasteiger partial charge in [-0.2, -0.15) is 0 Å². The second-order valence-corrected chi connectivity index (χ2v) is 7.53. The van der Waals surface area contributed by atoms with E-state index in [4.69, 9.17) is 0 Å². The summed E-state index contributed by atoms with van der Waals surface area (Å²) in [5.74, 6) is 1.38. The standard InChI is InChI=1S/C23H25N5O2/c1-16-7-4-5-8-19(16)23(30)24-15-21(29)25-18-12-10-17(11-13-18)22-27-26-20-9-3-2-6-14-28(20)22/h4-5,7-8,10-13H,2-3,6,9,14-15H2,1H3,(H,24,30)(H,25,29). The number of benzene rings is 2. The van der Waals surface area contributed by atoms with E-state index in [-0.39, 0.29) is 18.4 Å². The van der Waals surface area contributed by atoms with E-state index >= 15 is 0 Å². The van der Waals surface area contributed by atoms with Crippen LogP contribution in [0.5, 0.6) is 0 Å². The molecule has 0 unspecified atom stereocenters. The number of nitrogens with zero attached hydrogens (tertiary/aromatic N) is 3. The van der Waals surface area contributed by atoms with Crippen molar-refractivity contribution >= 4 is 17.5 Å². The van der Waals surface area contributed by atoms with E-state index in [9.17, 15) is 9.59 Å². The maximum Gasteiger partial charge on any atom is 0.251 e. The lowest BCUT2D eigenvalue weighted by Crippen LogP contribution is -2.33. The molecule has 0 radical (unpaired) electrons. The predicted octanol–water partition coefficient (Wildman–Crippen LogP) is 3.35. The number of aromatic nitrogens is 3. The van der Waals surface area contributed by atoms with Gasteiger partial charge < -0.3 is 15.2 Å². The highest BCUT2D eigenvalue weighted by Crippen LogP contribution is 2.24. The molecule has 0 aliphatic carbocycles. The molecule has 3 aromatic rings. The van der Waals surface area contributed by atoms with Crippen LogP contribution in [0.15, 0.2) is 48.5 Å². The molecule has 4 rings (SSSR count). The largest absolute Gasteiger partial charge is 0.343 e. The fourth-order valence-electron chi connectivity index (χ4n) is 3.69. The molecule has 1 aromatic heterocycles. The number of fused-ring (bicyclic) bond motifs is 1. The molecule has 154 valence electrons. The number of carbonyl (C=O) groups excluding carboxylic acids is 2. The van der Waals surface area contributed by atoms with Crippen LogP contribution in [0.2, 0.25) is 0 Å². The number of hydrogen-bond acceptors (Lipinski definition) is 4. The molecule has 0 atom stereocenters. The van der Waals surface area contributed by atoms with Crippen LogP contribution in [0, 0.1) is 6.92 Å². The first-order chi connectivity index (χ1) is 14.6. The normalized spacial score (nSPS) is 13.2. The van der Waals surface area contributed by atoms with Crippen molar-refractivity contribution in [3.8, 4) is 11.4 Å². The monoisotopic (exact) mass is 403 g/mol. The van der Waals surface area contributed by atoms with E-state index in [1.807, 2.05) is 43.3 Å². The van der Waals surface area contributed by atoms with Crippen molar-refractivity contribution in [1.82, 2.24) is 20.1 Å². The van der Waals surface area contributed by atoms with Crippen LogP contribution in [0.3, 0.4) is 0 Å². The van der Waals surface area contributed by atoms with Crippen molar-refractivity contribution in [3.63, 3.8) is 0 Å². The molecule has 1 aliphatic heterocycles. The van der Waals surface area contributed by atoms with Crippen molar-refractivity contribution in [2.75, 3.05) is 11.9 Å². The van der Waals surface area contributed by atoms with Gasteiger partial charge >= 0.3 is 0 Å². The minimum absolute atomic E-state index is 0.0907. The summed E-state index contributed by atoms with van der Waals surface area (Å²) < 4.78 is 2.20. The Kier molecular flexibility index (Phi) is 5.88. The Bertz CT molecular complexity index is 1060. The smallest absolute Gasteiger partial charge is 0.251 e. The quantitative estimate of drug-likeness (QED) is 0.684. The summed E-state index contributed by atoms with van der Waals surface area (Å²) in [6.45, 7) is 2.72. The molecule has 0 bridgehead atoms. The van der Waals surface area contributed by atoms with Crippen molar-refractivity contribution in [3.05, 3.63) is 65.5 Å². The van der Waals surface area contributed by atoms with Gasteiger partial charge in [0, 0.05) is 29.8 Å². The molecule has 30 heavy (non-hydrogen) atoms. The molecule has 2 heterocycles. The third kappa shape index (κ3) is 4.40. The fourth-order valence-corrected chi connectivity index (χ4v) is 3.69. The van der Waals surface area contributed by atoms with E-state index in [0.29, 0.717) is 11.3 Å². The van der Waals surface area contributed by atoms with E-state index in [0.717, 1.165) is 48.6 Å². The van der Waals surface area contributed by atoms with E-state index in [1.54, 1.807) is 12.1 Å². The minimum Gasteiger partial charge on any atom is -0.343 e. The van der Waals surface area contributed by atoms with Gasteiger partial charge in [-0.05, 0) is 55.7 Å². The molecular formula is C23H25N5O2. The van der Waals surface area contributed by atoms with E-state index in [2.05, 4.69) is 25.4 Å². The maximum atomic E-state index is 12.2. The molecular weight excluding hydrogens is 378 g/mol. The Labute approximate surface area is 175 Å². The lowest BCUT2D eigenvalue weighted by atomic mass is 10.1. The van der Waals surface area contributed by atoms with Crippen molar-refractivity contribution in [2.45, 2.75) is 39.2 Å². The van der Waals surface area contributed by atoms with E-state index in [1.165, 1.54) is 6.42 Å². The van der Waals surface area contributed by atoms with Crippen LogP contribution in [0.25, 0.3) is 11.4 Å². The molecule has 0 fully saturated rings. The molecule has 2 N–H and O–H groups in total. The van der Waals surface area contributed by atoms with Gasteiger partial charge in [-0.15, -0.1) is 10.2 Å². The van der Waals surface area contributed by atoms with E-state index < -0.39 is 0 Å². The van der Waals surface area contributed by atoms with Crippen molar-refractivity contribution in [2.24, 2.45) is 0 Å². The molecule has 0 spiro atoms. The summed E-state index contributed by atoms with van der Waals surface area (Å²) in [7, 11) is 0. The highest BCUT2D eigenvalue weighted by Gasteiger charge is 2.16. The summed E-state index contributed by atoms with van der Waals surface area (Å²) in [4.78, 5) is 24.5. The summed E-state index contributed by atoms with van der Waals surface area (Å²) in [6, 6.07) is 14.8. The summed E-state index contributed by atoms with van der Waals surface area (Å²) in [6.07, 6.45) is 4.48. The maximum absolute atomic E-state index is 12.2. The number of amides is 2. The third-order valence-corrected chi connectivity index (χ3v) is 5.34.